The van der Waals surface area contributed by atoms with Crippen molar-refractivity contribution in [3.63, 3.8) is 0 Å². The molecule has 3 rings (SSSR count). The summed E-state index contributed by atoms with van der Waals surface area (Å²) >= 11 is 13.3. The third-order valence-electron chi connectivity index (χ3n) is 3.62. The molecule has 0 fully saturated rings. The Bertz CT molecular complexity index is 949. The van der Waals surface area contributed by atoms with Gasteiger partial charge in [-0.05, 0) is 53.7 Å². The lowest BCUT2D eigenvalue weighted by atomic mass is 10.3. The number of rotatable bonds is 6. The van der Waals surface area contributed by atoms with Crippen molar-refractivity contribution in [1.29, 1.82) is 0 Å². The number of benzene rings is 2. The van der Waals surface area contributed by atoms with E-state index in [1.165, 1.54) is 11.8 Å². The molecular formula is C17H15Cl2N5O2S. The Labute approximate surface area is 170 Å². The van der Waals surface area contributed by atoms with Crippen LogP contribution in [0.5, 0.6) is 5.75 Å². The lowest BCUT2D eigenvalue weighted by Gasteiger charge is -2.13. The maximum atomic E-state index is 12.5. The largest absolute Gasteiger partial charge is 0.497 e. The predicted molar refractivity (Wildman–Crippen MR) is 106 cm³/mol. The van der Waals surface area contributed by atoms with Gasteiger partial charge in [0.2, 0.25) is 11.1 Å². The van der Waals surface area contributed by atoms with E-state index in [1.807, 2.05) is 24.3 Å². The van der Waals surface area contributed by atoms with Gasteiger partial charge in [-0.15, -0.1) is 5.10 Å². The van der Waals surface area contributed by atoms with Crippen molar-refractivity contribution in [3.8, 4) is 11.4 Å². The summed E-state index contributed by atoms with van der Waals surface area (Å²) in [6, 6.07) is 12.3. The number of nitrogens with one attached hydrogen (secondary N) is 1. The number of hydrogen-bond acceptors (Lipinski definition) is 6. The zero-order valence-corrected chi connectivity index (χ0v) is 16.7. The average molecular weight is 424 g/mol. The third kappa shape index (κ3) is 4.52. The maximum absolute atomic E-state index is 12.5. The van der Waals surface area contributed by atoms with Crippen LogP contribution in [-0.2, 0) is 4.79 Å². The Kier molecular flexibility index (Phi) is 6.20. The van der Waals surface area contributed by atoms with Crippen molar-refractivity contribution in [2.45, 2.75) is 17.3 Å². The van der Waals surface area contributed by atoms with E-state index in [2.05, 4.69) is 20.8 Å². The lowest BCUT2D eigenvalue weighted by Crippen LogP contribution is -2.23. The van der Waals surface area contributed by atoms with Crippen molar-refractivity contribution >= 4 is 46.6 Å². The molecule has 0 aliphatic heterocycles. The number of carbonyl (C=O) groups is 1. The summed E-state index contributed by atoms with van der Waals surface area (Å²) in [4.78, 5) is 12.5. The highest BCUT2D eigenvalue weighted by Gasteiger charge is 2.20. The van der Waals surface area contributed by atoms with Gasteiger partial charge in [0.05, 0.1) is 33.8 Å². The minimum absolute atomic E-state index is 0.242. The van der Waals surface area contributed by atoms with Crippen molar-refractivity contribution in [1.82, 2.24) is 20.2 Å². The number of anilines is 1. The number of ether oxygens (including phenoxy) is 1. The highest BCUT2D eigenvalue weighted by atomic mass is 35.5. The Morgan fingerprint density at radius 3 is 2.67 bits per heavy atom. The van der Waals surface area contributed by atoms with Gasteiger partial charge in [-0.25, -0.2) is 0 Å². The smallest absolute Gasteiger partial charge is 0.237 e. The molecule has 1 atom stereocenters. The molecule has 1 unspecified atom stereocenters. The van der Waals surface area contributed by atoms with E-state index in [-0.39, 0.29) is 5.91 Å². The molecule has 1 aromatic heterocycles. The Morgan fingerprint density at radius 2 is 1.96 bits per heavy atom. The van der Waals surface area contributed by atoms with E-state index in [9.17, 15) is 4.79 Å². The number of aromatic nitrogens is 4. The standard InChI is InChI=1S/C17H15Cl2N5O2S/c1-10(16(25)20-14-5-3-4-13(18)15(14)19)27-17-21-22-23-24(17)11-6-8-12(26-2)9-7-11/h3-10H,1-2H3,(H,20,25). The summed E-state index contributed by atoms with van der Waals surface area (Å²) in [5.41, 5.74) is 1.21. The number of hydrogen-bond donors (Lipinski definition) is 1. The number of halogens is 2. The molecule has 3 aromatic rings. The lowest BCUT2D eigenvalue weighted by molar-refractivity contribution is -0.115. The van der Waals surface area contributed by atoms with Crippen LogP contribution >= 0.6 is 35.0 Å². The first kappa shape index (κ1) is 19.5. The van der Waals surface area contributed by atoms with Crippen molar-refractivity contribution in [3.05, 3.63) is 52.5 Å². The zero-order chi connectivity index (χ0) is 19.4. The first-order chi connectivity index (χ1) is 13.0. The Hall–Kier alpha value is -2.29. The van der Waals surface area contributed by atoms with Gasteiger partial charge in [0.25, 0.3) is 0 Å². The van der Waals surface area contributed by atoms with E-state index in [0.29, 0.717) is 20.9 Å². The molecule has 0 bridgehead atoms. The van der Waals surface area contributed by atoms with E-state index in [1.54, 1.807) is 36.9 Å². The number of amides is 1. The molecule has 7 nitrogen and oxygen atoms in total. The summed E-state index contributed by atoms with van der Waals surface area (Å²) in [7, 11) is 1.60. The minimum atomic E-state index is -0.469. The molecule has 0 spiro atoms. The SMILES string of the molecule is COc1ccc(-n2nnnc2SC(C)C(=O)Nc2cccc(Cl)c2Cl)cc1. The second-order valence-corrected chi connectivity index (χ2v) is 7.52. The van der Waals surface area contributed by atoms with E-state index in [0.717, 1.165) is 11.4 Å². The van der Waals surface area contributed by atoms with Crippen LogP contribution in [0.4, 0.5) is 5.69 Å². The molecule has 2 aromatic carbocycles. The van der Waals surface area contributed by atoms with E-state index >= 15 is 0 Å². The molecule has 1 heterocycles. The first-order valence-corrected chi connectivity index (χ1v) is 9.47. The number of nitrogens with zero attached hydrogens (tertiary/aromatic N) is 4. The summed E-state index contributed by atoms with van der Waals surface area (Å²) in [6.07, 6.45) is 0. The van der Waals surface area contributed by atoms with Gasteiger partial charge in [0, 0.05) is 0 Å². The second kappa shape index (κ2) is 8.60. The quantitative estimate of drug-likeness (QED) is 0.600. The topological polar surface area (TPSA) is 81.9 Å². The molecule has 140 valence electrons. The molecule has 10 heteroatoms. The highest BCUT2D eigenvalue weighted by molar-refractivity contribution is 8.00. The maximum Gasteiger partial charge on any atom is 0.237 e. The fourth-order valence-electron chi connectivity index (χ4n) is 2.18. The average Bonchev–Trinajstić information content (AvgIpc) is 3.13. The molecule has 1 N–H and O–H groups in total. The molecule has 0 saturated heterocycles. The Balaban J connectivity index is 1.72. The van der Waals surface area contributed by atoms with Gasteiger partial charge in [0.1, 0.15) is 5.75 Å². The number of carbonyl (C=O) groups excluding carboxylic acids is 1. The fourth-order valence-corrected chi connectivity index (χ4v) is 3.34. The number of methoxy groups -OCH3 is 1. The van der Waals surface area contributed by atoms with E-state index in [4.69, 9.17) is 27.9 Å². The van der Waals surface area contributed by atoms with Crippen LogP contribution in [0.3, 0.4) is 0 Å². The molecule has 0 aliphatic rings. The summed E-state index contributed by atoms with van der Waals surface area (Å²) in [5.74, 6) is 0.487. The van der Waals surface area contributed by atoms with Crippen LogP contribution in [0.2, 0.25) is 10.0 Å². The minimum Gasteiger partial charge on any atom is -0.497 e. The number of thioether (sulfide) groups is 1. The van der Waals surface area contributed by atoms with Crippen LogP contribution in [0, 0.1) is 0 Å². The number of tetrazole rings is 1. The van der Waals surface area contributed by atoms with Gasteiger partial charge in [-0.3, -0.25) is 4.79 Å². The van der Waals surface area contributed by atoms with Crippen LogP contribution in [0.25, 0.3) is 5.69 Å². The van der Waals surface area contributed by atoms with Crippen molar-refractivity contribution < 1.29 is 9.53 Å². The van der Waals surface area contributed by atoms with Gasteiger partial charge in [-0.2, -0.15) is 4.68 Å². The monoisotopic (exact) mass is 423 g/mol. The highest BCUT2D eigenvalue weighted by Crippen LogP contribution is 2.31. The van der Waals surface area contributed by atoms with Gasteiger partial charge in [-0.1, -0.05) is 41.0 Å². The van der Waals surface area contributed by atoms with Gasteiger partial charge in [0.15, 0.2) is 0 Å². The molecule has 27 heavy (non-hydrogen) atoms. The third-order valence-corrected chi connectivity index (χ3v) is 5.47. The van der Waals surface area contributed by atoms with Crippen LogP contribution in [0.1, 0.15) is 6.92 Å². The molecule has 1 amide bonds. The Morgan fingerprint density at radius 1 is 1.22 bits per heavy atom. The molecule has 0 radical (unpaired) electrons. The molecule has 0 saturated carbocycles. The second-order valence-electron chi connectivity index (χ2n) is 5.42. The molecule has 0 aliphatic carbocycles. The van der Waals surface area contributed by atoms with Crippen molar-refractivity contribution in [2.24, 2.45) is 0 Å². The zero-order valence-electron chi connectivity index (χ0n) is 14.4. The normalized spacial score (nSPS) is 11.9. The van der Waals surface area contributed by atoms with Gasteiger partial charge < -0.3 is 10.1 Å². The van der Waals surface area contributed by atoms with Crippen molar-refractivity contribution in [2.75, 3.05) is 12.4 Å². The summed E-state index contributed by atoms with van der Waals surface area (Å²) < 4.78 is 6.70. The van der Waals surface area contributed by atoms with Crippen LogP contribution < -0.4 is 10.1 Å². The molecular weight excluding hydrogens is 409 g/mol. The van der Waals surface area contributed by atoms with Gasteiger partial charge >= 0.3 is 0 Å². The van der Waals surface area contributed by atoms with Crippen LogP contribution in [-0.4, -0.2) is 38.5 Å². The summed E-state index contributed by atoms with van der Waals surface area (Å²) in [6.45, 7) is 1.76. The fraction of sp³-hybridized carbons (Fsp3) is 0.176. The van der Waals surface area contributed by atoms with Crippen LogP contribution in [0.15, 0.2) is 47.6 Å². The van der Waals surface area contributed by atoms with E-state index < -0.39 is 5.25 Å². The first-order valence-electron chi connectivity index (χ1n) is 7.84. The predicted octanol–water partition coefficient (Wildman–Crippen LogP) is 4.10. The summed E-state index contributed by atoms with van der Waals surface area (Å²) in [5, 5.41) is 15.2.